The molecule has 2 aliphatic rings. The summed E-state index contributed by atoms with van der Waals surface area (Å²) >= 11 is 0. The summed E-state index contributed by atoms with van der Waals surface area (Å²) in [6.45, 7) is 0.479. The Morgan fingerprint density at radius 3 is 3.05 bits per heavy atom. The maximum Gasteiger partial charge on any atom is 0.263 e. The number of aryl methyl sites for hydroxylation is 2. The first-order chi connectivity index (χ1) is 9.76. The van der Waals surface area contributed by atoms with E-state index in [-0.39, 0.29) is 12.0 Å². The van der Waals surface area contributed by atoms with E-state index >= 15 is 0 Å². The first kappa shape index (κ1) is 13.4. The Bertz CT molecular complexity index is 504. The van der Waals surface area contributed by atoms with Crippen LogP contribution in [0.25, 0.3) is 0 Å². The van der Waals surface area contributed by atoms with Crippen molar-refractivity contribution in [3.05, 3.63) is 29.3 Å². The predicted octanol–water partition coefficient (Wildman–Crippen LogP) is 1.09. The molecule has 5 nitrogen and oxygen atoms in total. The molecule has 0 spiro atoms. The van der Waals surface area contributed by atoms with Crippen molar-refractivity contribution in [2.24, 2.45) is 5.84 Å². The summed E-state index contributed by atoms with van der Waals surface area (Å²) in [5.74, 6) is 5.73. The summed E-state index contributed by atoms with van der Waals surface area (Å²) in [6, 6.07) is 6.29. The van der Waals surface area contributed by atoms with E-state index in [1.807, 2.05) is 6.07 Å². The lowest BCUT2D eigenvalue weighted by atomic mass is 10.1. The second kappa shape index (κ2) is 5.81. The Balaban J connectivity index is 1.52. The van der Waals surface area contributed by atoms with Crippen molar-refractivity contribution in [1.29, 1.82) is 0 Å². The number of amides is 1. The average Bonchev–Trinajstić information content (AvgIpc) is 3.12. The van der Waals surface area contributed by atoms with E-state index in [1.54, 1.807) is 0 Å². The Morgan fingerprint density at radius 1 is 1.35 bits per heavy atom. The molecule has 0 bridgehead atoms. The van der Waals surface area contributed by atoms with Gasteiger partial charge in [0.2, 0.25) is 0 Å². The van der Waals surface area contributed by atoms with Gasteiger partial charge in [0.1, 0.15) is 18.5 Å². The third kappa shape index (κ3) is 2.78. The largest absolute Gasteiger partial charge is 0.491 e. The minimum atomic E-state index is -0.436. The zero-order chi connectivity index (χ0) is 13.9. The van der Waals surface area contributed by atoms with Gasteiger partial charge in [-0.3, -0.25) is 10.2 Å². The number of hydrazine groups is 1. The van der Waals surface area contributed by atoms with Crippen LogP contribution in [0.5, 0.6) is 5.75 Å². The molecule has 1 aromatic rings. The molecule has 1 amide bonds. The van der Waals surface area contributed by atoms with Crippen molar-refractivity contribution in [1.82, 2.24) is 5.43 Å². The Morgan fingerprint density at radius 2 is 2.20 bits per heavy atom. The van der Waals surface area contributed by atoms with Gasteiger partial charge in [-0.2, -0.15) is 0 Å². The van der Waals surface area contributed by atoms with Gasteiger partial charge in [-0.15, -0.1) is 0 Å². The molecule has 2 atom stereocenters. The summed E-state index contributed by atoms with van der Waals surface area (Å²) < 4.78 is 11.4. The highest BCUT2D eigenvalue weighted by Crippen LogP contribution is 2.27. The lowest BCUT2D eigenvalue weighted by molar-refractivity contribution is -0.132. The number of benzene rings is 1. The zero-order valence-electron chi connectivity index (χ0n) is 11.4. The zero-order valence-corrected chi connectivity index (χ0v) is 11.4. The minimum Gasteiger partial charge on any atom is -0.491 e. The Kier molecular flexibility index (Phi) is 3.89. The summed E-state index contributed by atoms with van der Waals surface area (Å²) in [5, 5.41) is 0. The molecule has 1 heterocycles. The third-order valence-corrected chi connectivity index (χ3v) is 4.05. The Labute approximate surface area is 118 Å². The molecule has 1 fully saturated rings. The van der Waals surface area contributed by atoms with Crippen LogP contribution in [0.15, 0.2) is 18.2 Å². The maximum atomic E-state index is 11.4. The summed E-state index contributed by atoms with van der Waals surface area (Å²) in [5.41, 5.74) is 4.96. The number of ether oxygens (including phenoxy) is 2. The van der Waals surface area contributed by atoms with Gasteiger partial charge in [-0.05, 0) is 55.4 Å². The van der Waals surface area contributed by atoms with Gasteiger partial charge in [0.05, 0.1) is 6.10 Å². The molecule has 108 valence electrons. The molecule has 5 heteroatoms. The molecular formula is C15H20N2O3. The molecular weight excluding hydrogens is 256 g/mol. The molecule has 1 aliphatic heterocycles. The number of nitrogens with two attached hydrogens (primary N) is 1. The quantitative estimate of drug-likeness (QED) is 0.490. The molecule has 3 N–H and O–H groups in total. The smallest absolute Gasteiger partial charge is 0.263 e. The second-order valence-electron chi connectivity index (χ2n) is 5.43. The fourth-order valence-electron chi connectivity index (χ4n) is 2.94. The van der Waals surface area contributed by atoms with Crippen molar-refractivity contribution >= 4 is 5.91 Å². The van der Waals surface area contributed by atoms with Gasteiger partial charge in [-0.1, -0.05) is 6.07 Å². The highest BCUT2D eigenvalue weighted by atomic mass is 16.5. The van der Waals surface area contributed by atoms with E-state index in [0.29, 0.717) is 13.0 Å². The number of hydrogen-bond acceptors (Lipinski definition) is 4. The van der Waals surface area contributed by atoms with Gasteiger partial charge in [-0.25, -0.2) is 5.84 Å². The minimum absolute atomic E-state index is 0.0365. The van der Waals surface area contributed by atoms with Crippen LogP contribution < -0.4 is 16.0 Å². The second-order valence-corrected chi connectivity index (χ2v) is 5.43. The van der Waals surface area contributed by atoms with E-state index in [0.717, 1.165) is 18.6 Å². The van der Waals surface area contributed by atoms with Crippen LogP contribution in [0.4, 0.5) is 0 Å². The molecule has 2 unspecified atom stereocenters. The van der Waals surface area contributed by atoms with Crippen LogP contribution in [-0.2, 0) is 22.4 Å². The summed E-state index contributed by atoms with van der Waals surface area (Å²) in [6.07, 6.45) is 4.60. The number of fused-ring (bicyclic) bond motifs is 1. The molecule has 1 aliphatic carbocycles. The molecule has 0 saturated carbocycles. The van der Waals surface area contributed by atoms with Crippen LogP contribution in [0.1, 0.15) is 30.4 Å². The van der Waals surface area contributed by atoms with E-state index in [2.05, 4.69) is 17.6 Å². The van der Waals surface area contributed by atoms with Crippen molar-refractivity contribution in [2.45, 2.75) is 44.3 Å². The van der Waals surface area contributed by atoms with E-state index < -0.39 is 6.10 Å². The highest BCUT2D eigenvalue weighted by molar-refractivity contribution is 5.80. The first-order valence-electron chi connectivity index (χ1n) is 7.17. The summed E-state index contributed by atoms with van der Waals surface area (Å²) in [4.78, 5) is 11.4. The standard InChI is InChI=1S/C15H20N2O3/c16-17-15(18)14-7-6-13(20-14)9-19-12-5-4-10-2-1-3-11(10)8-12/h4-5,8,13-14H,1-3,6-7,9,16H2,(H,17,18). The number of rotatable bonds is 4. The van der Waals surface area contributed by atoms with Crippen LogP contribution >= 0.6 is 0 Å². The molecule has 20 heavy (non-hydrogen) atoms. The van der Waals surface area contributed by atoms with Crippen molar-refractivity contribution in [3.63, 3.8) is 0 Å². The van der Waals surface area contributed by atoms with Crippen LogP contribution in [-0.4, -0.2) is 24.7 Å². The van der Waals surface area contributed by atoms with Crippen LogP contribution in [0, 0.1) is 0 Å². The van der Waals surface area contributed by atoms with E-state index in [1.165, 1.54) is 24.0 Å². The molecule has 3 rings (SSSR count). The van der Waals surface area contributed by atoms with Gasteiger partial charge < -0.3 is 9.47 Å². The average molecular weight is 276 g/mol. The number of carbonyl (C=O) groups excluding carboxylic acids is 1. The molecule has 0 aromatic heterocycles. The number of nitrogens with one attached hydrogen (secondary N) is 1. The maximum absolute atomic E-state index is 11.4. The van der Waals surface area contributed by atoms with E-state index in [4.69, 9.17) is 15.3 Å². The van der Waals surface area contributed by atoms with Gasteiger partial charge in [0.15, 0.2) is 0 Å². The lowest BCUT2D eigenvalue weighted by Gasteiger charge is -2.14. The Hall–Kier alpha value is -1.59. The van der Waals surface area contributed by atoms with Gasteiger partial charge in [0.25, 0.3) is 5.91 Å². The topological polar surface area (TPSA) is 73.6 Å². The fraction of sp³-hybridized carbons (Fsp3) is 0.533. The molecule has 1 saturated heterocycles. The predicted molar refractivity (Wildman–Crippen MR) is 74.2 cm³/mol. The van der Waals surface area contributed by atoms with Crippen molar-refractivity contribution in [2.75, 3.05) is 6.61 Å². The fourth-order valence-corrected chi connectivity index (χ4v) is 2.94. The van der Waals surface area contributed by atoms with Crippen LogP contribution in [0.3, 0.4) is 0 Å². The number of carbonyl (C=O) groups is 1. The number of hydrogen-bond donors (Lipinski definition) is 2. The van der Waals surface area contributed by atoms with Crippen molar-refractivity contribution < 1.29 is 14.3 Å². The van der Waals surface area contributed by atoms with Gasteiger partial charge in [0, 0.05) is 0 Å². The lowest BCUT2D eigenvalue weighted by Crippen LogP contribution is -2.39. The summed E-state index contributed by atoms with van der Waals surface area (Å²) in [7, 11) is 0. The first-order valence-corrected chi connectivity index (χ1v) is 7.17. The highest BCUT2D eigenvalue weighted by Gasteiger charge is 2.30. The third-order valence-electron chi connectivity index (χ3n) is 4.05. The van der Waals surface area contributed by atoms with Crippen LogP contribution in [0.2, 0.25) is 0 Å². The van der Waals surface area contributed by atoms with Crippen molar-refractivity contribution in [3.8, 4) is 5.75 Å². The molecule has 0 radical (unpaired) electrons. The van der Waals surface area contributed by atoms with Gasteiger partial charge >= 0.3 is 0 Å². The monoisotopic (exact) mass is 276 g/mol. The SMILES string of the molecule is NNC(=O)C1CCC(COc2ccc3c(c2)CCC3)O1. The molecule has 1 aromatic carbocycles. The normalized spacial score (nSPS) is 24.4. The van der Waals surface area contributed by atoms with E-state index in [9.17, 15) is 4.79 Å².